The van der Waals surface area contributed by atoms with Gasteiger partial charge in [-0.05, 0) is 24.2 Å². The fraction of sp³-hybridized carbons (Fsp3) is 1.00. The Morgan fingerprint density at radius 2 is 1.32 bits per heavy atom. The lowest BCUT2D eigenvalue weighted by Crippen LogP contribution is -2.65. The van der Waals surface area contributed by atoms with Crippen molar-refractivity contribution in [1.82, 2.24) is 0 Å². The Bertz CT molecular complexity index is 513. The van der Waals surface area contributed by atoms with Gasteiger partial charge in [0.1, 0.15) is 36.6 Å². The Kier molecular flexibility index (Phi) is 7.21. The van der Waals surface area contributed by atoms with Crippen LogP contribution in [0.1, 0.15) is 54.9 Å². The molecule has 8 heteroatoms. The second-order valence-electron chi connectivity index (χ2n) is 10.5. The molecule has 5 N–H and O–H groups in total. The van der Waals surface area contributed by atoms with Crippen LogP contribution in [0.2, 0.25) is 0 Å². The molecule has 0 aromatic rings. The number of hydrogen-bond donors (Lipinski definition) is 5. The van der Waals surface area contributed by atoms with Crippen LogP contribution >= 0.6 is 0 Å². The Hall–Kier alpha value is -0.320. The SMILES string of the molecule is CC1OC(C(C)(C)C)C(OC2OC(CC(C)(C)C)C(O)C(O)C2O)C(O)C1O. The second kappa shape index (κ2) is 8.43. The first-order chi connectivity index (χ1) is 12.6. The molecule has 0 bridgehead atoms. The predicted octanol–water partition coefficient (Wildman–Crippen LogP) is 0.171. The van der Waals surface area contributed by atoms with Crippen molar-refractivity contribution in [3.8, 4) is 0 Å². The number of ether oxygens (including phenoxy) is 3. The van der Waals surface area contributed by atoms with Crippen LogP contribution in [-0.2, 0) is 14.2 Å². The number of rotatable bonds is 3. The van der Waals surface area contributed by atoms with Gasteiger partial charge in [0, 0.05) is 0 Å². The molecular weight excluding hydrogens is 368 g/mol. The first-order valence-electron chi connectivity index (χ1n) is 10.00. The minimum Gasteiger partial charge on any atom is -0.388 e. The fourth-order valence-corrected chi connectivity index (χ4v) is 3.85. The molecule has 2 saturated heterocycles. The summed E-state index contributed by atoms with van der Waals surface area (Å²) in [5, 5.41) is 51.9. The first kappa shape index (κ1) is 24.0. The van der Waals surface area contributed by atoms with Crippen molar-refractivity contribution in [1.29, 1.82) is 0 Å². The van der Waals surface area contributed by atoms with E-state index >= 15 is 0 Å². The summed E-state index contributed by atoms with van der Waals surface area (Å²) in [6.07, 6.45) is -10.4. The summed E-state index contributed by atoms with van der Waals surface area (Å²) < 4.78 is 17.6. The van der Waals surface area contributed by atoms with Gasteiger partial charge in [-0.1, -0.05) is 41.5 Å². The largest absolute Gasteiger partial charge is 0.388 e. The highest BCUT2D eigenvalue weighted by Gasteiger charge is 2.52. The van der Waals surface area contributed by atoms with Crippen LogP contribution in [0.15, 0.2) is 0 Å². The van der Waals surface area contributed by atoms with Gasteiger partial charge < -0.3 is 39.7 Å². The molecule has 166 valence electrons. The van der Waals surface area contributed by atoms with Crippen molar-refractivity contribution >= 4 is 0 Å². The molecule has 0 aromatic carbocycles. The monoisotopic (exact) mass is 406 g/mol. The van der Waals surface area contributed by atoms with Gasteiger partial charge in [-0.2, -0.15) is 0 Å². The summed E-state index contributed by atoms with van der Waals surface area (Å²) in [7, 11) is 0. The summed E-state index contributed by atoms with van der Waals surface area (Å²) in [5.74, 6) is 0. The van der Waals surface area contributed by atoms with Gasteiger partial charge in [0.05, 0.1) is 18.3 Å². The van der Waals surface area contributed by atoms with Crippen molar-refractivity contribution in [2.45, 2.75) is 116 Å². The summed E-state index contributed by atoms with van der Waals surface area (Å²) in [4.78, 5) is 0. The van der Waals surface area contributed by atoms with E-state index in [1.165, 1.54) is 0 Å². The molecule has 0 spiro atoms. The van der Waals surface area contributed by atoms with Gasteiger partial charge in [-0.15, -0.1) is 0 Å². The van der Waals surface area contributed by atoms with Gasteiger partial charge in [0.15, 0.2) is 6.29 Å². The van der Waals surface area contributed by atoms with Crippen LogP contribution in [0.5, 0.6) is 0 Å². The van der Waals surface area contributed by atoms with Crippen LogP contribution in [0.25, 0.3) is 0 Å². The van der Waals surface area contributed by atoms with Crippen molar-refractivity contribution in [3.63, 3.8) is 0 Å². The quantitative estimate of drug-likeness (QED) is 0.449. The van der Waals surface area contributed by atoms with E-state index in [1.807, 2.05) is 41.5 Å². The maximum Gasteiger partial charge on any atom is 0.187 e. The third-order valence-electron chi connectivity index (χ3n) is 5.45. The Morgan fingerprint density at radius 1 is 0.750 bits per heavy atom. The molecule has 2 fully saturated rings. The topological polar surface area (TPSA) is 129 Å². The average molecular weight is 407 g/mol. The summed E-state index contributed by atoms with van der Waals surface area (Å²) >= 11 is 0. The lowest BCUT2D eigenvalue weighted by molar-refractivity contribution is -0.345. The van der Waals surface area contributed by atoms with E-state index in [0.29, 0.717) is 6.42 Å². The first-order valence-corrected chi connectivity index (χ1v) is 10.00. The molecule has 2 aliphatic heterocycles. The molecule has 10 unspecified atom stereocenters. The maximum atomic E-state index is 10.6. The Labute approximate surface area is 167 Å². The van der Waals surface area contributed by atoms with Gasteiger partial charge >= 0.3 is 0 Å². The molecule has 0 amide bonds. The van der Waals surface area contributed by atoms with E-state index in [9.17, 15) is 25.5 Å². The van der Waals surface area contributed by atoms with Gasteiger partial charge in [-0.25, -0.2) is 0 Å². The van der Waals surface area contributed by atoms with Gasteiger partial charge in [-0.3, -0.25) is 0 Å². The molecule has 10 atom stereocenters. The van der Waals surface area contributed by atoms with Crippen molar-refractivity contribution < 1.29 is 39.7 Å². The zero-order valence-corrected chi connectivity index (χ0v) is 17.9. The Morgan fingerprint density at radius 3 is 1.82 bits per heavy atom. The minimum absolute atomic E-state index is 0.189. The van der Waals surface area contributed by atoms with Crippen LogP contribution in [0.3, 0.4) is 0 Å². The van der Waals surface area contributed by atoms with Gasteiger partial charge in [0.25, 0.3) is 0 Å². The highest BCUT2D eigenvalue weighted by molar-refractivity contribution is 4.98. The van der Waals surface area contributed by atoms with Crippen LogP contribution < -0.4 is 0 Å². The van der Waals surface area contributed by atoms with E-state index < -0.39 is 66.6 Å². The smallest absolute Gasteiger partial charge is 0.187 e. The summed E-state index contributed by atoms with van der Waals surface area (Å²) in [6, 6.07) is 0. The molecule has 0 radical (unpaired) electrons. The Balaban J connectivity index is 2.24. The predicted molar refractivity (Wildman–Crippen MR) is 101 cm³/mol. The van der Waals surface area contributed by atoms with E-state index in [1.54, 1.807) is 6.92 Å². The third kappa shape index (κ3) is 5.23. The summed E-state index contributed by atoms with van der Waals surface area (Å²) in [6.45, 7) is 13.4. The number of aliphatic hydroxyl groups excluding tert-OH is 5. The average Bonchev–Trinajstić information content (AvgIpc) is 2.54. The molecule has 2 aliphatic rings. The zero-order chi connectivity index (χ0) is 21.6. The van der Waals surface area contributed by atoms with Gasteiger partial charge in [0.2, 0.25) is 0 Å². The molecule has 2 heterocycles. The van der Waals surface area contributed by atoms with Crippen LogP contribution in [0, 0.1) is 10.8 Å². The van der Waals surface area contributed by atoms with E-state index in [0.717, 1.165) is 0 Å². The molecule has 2 rings (SSSR count). The highest BCUT2D eigenvalue weighted by Crippen LogP contribution is 2.37. The van der Waals surface area contributed by atoms with Crippen LogP contribution in [0.4, 0.5) is 0 Å². The molecular formula is C20H38O8. The molecule has 0 saturated carbocycles. The fourth-order valence-electron chi connectivity index (χ4n) is 3.85. The van der Waals surface area contributed by atoms with E-state index in [4.69, 9.17) is 14.2 Å². The third-order valence-corrected chi connectivity index (χ3v) is 5.45. The maximum absolute atomic E-state index is 10.6. The van der Waals surface area contributed by atoms with E-state index in [2.05, 4.69) is 0 Å². The molecule has 0 aromatic heterocycles. The zero-order valence-electron chi connectivity index (χ0n) is 17.9. The molecule has 8 nitrogen and oxygen atoms in total. The number of hydrogen-bond acceptors (Lipinski definition) is 8. The lowest BCUT2D eigenvalue weighted by atomic mass is 9.80. The standard InChI is InChI=1S/C20H38O8/c1-9-11(21)14(24)16(17(26-9)20(5,6)7)28-18-15(25)13(23)12(22)10(27-18)8-19(2,3)4/h9-18,21-25H,8H2,1-7H3. The molecule has 0 aliphatic carbocycles. The van der Waals surface area contributed by atoms with E-state index in [-0.39, 0.29) is 5.41 Å². The molecule has 28 heavy (non-hydrogen) atoms. The summed E-state index contributed by atoms with van der Waals surface area (Å²) in [5.41, 5.74) is -0.617. The normalized spacial score (nSPS) is 45.9. The van der Waals surface area contributed by atoms with Crippen molar-refractivity contribution in [3.05, 3.63) is 0 Å². The van der Waals surface area contributed by atoms with Crippen LogP contribution in [-0.4, -0.2) is 86.8 Å². The minimum atomic E-state index is -1.50. The van der Waals surface area contributed by atoms with Crippen molar-refractivity contribution in [2.75, 3.05) is 0 Å². The second-order valence-corrected chi connectivity index (χ2v) is 10.5. The highest BCUT2D eigenvalue weighted by atomic mass is 16.7. The lowest BCUT2D eigenvalue weighted by Gasteiger charge is -2.49. The van der Waals surface area contributed by atoms with Crippen molar-refractivity contribution in [2.24, 2.45) is 10.8 Å². The number of aliphatic hydroxyl groups is 5.